The quantitative estimate of drug-likeness (QED) is 0.424. The van der Waals surface area contributed by atoms with Crippen LogP contribution in [-0.2, 0) is 23.9 Å². The second-order valence-electron chi connectivity index (χ2n) is 9.06. The molecular weight excluding hydrogens is 454 g/mol. The zero-order valence-electron chi connectivity index (χ0n) is 18.8. The largest absolute Gasteiger partial charge is 0.328 e. The molecular formula is C25H21N3O5S. The molecule has 1 saturated carbocycles. The lowest BCUT2D eigenvalue weighted by Crippen LogP contribution is -2.41. The van der Waals surface area contributed by atoms with Gasteiger partial charge in [0, 0.05) is 36.0 Å². The Kier molecular flexibility index (Phi) is 4.09. The van der Waals surface area contributed by atoms with E-state index in [9.17, 15) is 22.8 Å². The SMILES string of the molecule is Cc1cc2c(cc1N1C(=O)c3cccc4c(S(=O)(=O)C5CC5)ccc(c34)C1=O)n(C)c(=O)n2C. The number of carbonyl (C=O) groups excluding carboxylic acids is 2. The molecule has 2 heterocycles. The van der Waals surface area contributed by atoms with Crippen LogP contribution in [0.25, 0.3) is 21.8 Å². The fourth-order valence-corrected chi connectivity index (χ4v) is 6.82. The minimum atomic E-state index is -3.52. The third-order valence-corrected chi connectivity index (χ3v) is 9.29. The molecule has 0 bridgehead atoms. The Morgan fingerprint density at radius 3 is 2.12 bits per heavy atom. The van der Waals surface area contributed by atoms with Gasteiger partial charge in [0.25, 0.3) is 11.8 Å². The normalized spacial score (nSPS) is 16.1. The number of fused-ring (bicyclic) bond motifs is 1. The van der Waals surface area contributed by atoms with Crippen LogP contribution in [0.4, 0.5) is 5.69 Å². The van der Waals surface area contributed by atoms with Crippen molar-refractivity contribution in [2.45, 2.75) is 29.9 Å². The van der Waals surface area contributed by atoms with Crippen molar-refractivity contribution in [3.05, 3.63) is 69.6 Å². The average molecular weight is 476 g/mol. The molecule has 8 nitrogen and oxygen atoms in total. The van der Waals surface area contributed by atoms with Gasteiger partial charge in [-0.15, -0.1) is 0 Å². The number of imide groups is 1. The molecule has 2 amide bonds. The van der Waals surface area contributed by atoms with Crippen molar-refractivity contribution in [1.29, 1.82) is 0 Å². The molecule has 4 aromatic rings. The van der Waals surface area contributed by atoms with Crippen molar-refractivity contribution in [2.75, 3.05) is 4.90 Å². The molecule has 34 heavy (non-hydrogen) atoms. The van der Waals surface area contributed by atoms with Crippen molar-refractivity contribution >= 4 is 49.1 Å². The molecule has 0 spiro atoms. The maximum atomic E-state index is 13.6. The lowest BCUT2D eigenvalue weighted by molar-refractivity contribution is 0.0893. The third-order valence-electron chi connectivity index (χ3n) is 6.97. The Labute approximate surface area is 194 Å². The van der Waals surface area contributed by atoms with Gasteiger partial charge in [-0.05, 0) is 55.7 Å². The van der Waals surface area contributed by atoms with E-state index >= 15 is 0 Å². The highest BCUT2D eigenvalue weighted by molar-refractivity contribution is 7.92. The van der Waals surface area contributed by atoms with Gasteiger partial charge in [0.2, 0.25) is 0 Å². The Morgan fingerprint density at radius 1 is 0.853 bits per heavy atom. The second kappa shape index (κ2) is 6.66. The number of anilines is 1. The molecule has 9 heteroatoms. The number of amides is 2. The third kappa shape index (κ3) is 2.58. The van der Waals surface area contributed by atoms with Crippen molar-refractivity contribution in [2.24, 2.45) is 14.1 Å². The van der Waals surface area contributed by atoms with Crippen LogP contribution in [0, 0.1) is 6.92 Å². The van der Waals surface area contributed by atoms with Crippen molar-refractivity contribution in [3.8, 4) is 0 Å². The van der Waals surface area contributed by atoms with E-state index in [0.717, 1.165) is 4.90 Å². The maximum Gasteiger partial charge on any atom is 0.328 e. The summed E-state index contributed by atoms with van der Waals surface area (Å²) >= 11 is 0. The van der Waals surface area contributed by atoms with Crippen LogP contribution in [0.1, 0.15) is 39.1 Å². The Morgan fingerprint density at radius 2 is 1.47 bits per heavy atom. The van der Waals surface area contributed by atoms with E-state index in [-0.39, 0.29) is 21.7 Å². The number of nitrogens with zero attached hydrogens (tertiary/aromatic N) is 3. The molecule has 6 rings (SSSR count). The highest BCUT2D eigenvalue weighted by atomic mass is 32.2. The molecule has 0 atom stereocenters. The van der Waals surface area contributed by atoms with E-state index in [1.54, 1.807) is 51.4 Å². The lowest BCUT2D eigenvalue weighted by atomic mass is 9.93. The first-order chi connectivity index (χ1) is 16.1. The standard InChI is InChI=1S/C25H21N3O5S/c1-13-11-19-20(27(3)25(31)26(19)2)12-18(13)28-23(29)16-6-4-5-15-21(34(32,33)14-7-8-14)10-9-17(22(15)16)24(28)30/h4-6,9-12,14H,7-8H2,1-3H3. The number of rotatable bonds is 3. The highest BCUT2D eigenvalue weighted by Crippen LogP contribution is 2.41. The average Bonchev–Trinajstić information content (AvgIpc) is 3.65. The lowest BCUT2D eigenvalue weighted by Gasteiger charge is -2.29. The van der Waals surface area contributed by atoms with Gasteiger partial charge in [-0.3, -0.25) is 18.7 Å². The number of benzene rings is 3. The number of hydrogen-bond donors (Lipinski definition) is 0. The number of sulfone groups is 1. The summed E-state index contributed by atoms with van der Waals surface area (Å²) in [5.74, 6) is -1.04. The minimum Gasteiger partial charge on any atom is -0.295 e. The van der Waals surface area contributed by atoms with Gasteiger partial charge in [-0.1, -0.05) is 12.1 Å². The summed E-state index contributed by atoms with van der Waals surface area (Å²) in [6.07, 6.45) is 1.25. The number of carbonyl (C=O) groups is 2. The summed E-state index contributed by atoms with van der Waals surface area (Å²) < 4.78 is 29.0. The molecule has 1 fully saturated rings. The molecule has 1 aromatic heterocycles. The summed E-state index contributed by atoms with van der Waals surface area (Å²) in [6, 6.07) is 11.4. The van der Waals surface area contributed by atoms with E-state index in [0.29, 0.717) is 45.9 Å². The number of hydrogen-bond acceptors (Lipinski definition) is 5. The summed E-state index contributed by atoms with van der Waals surface area (Å²) in [5.41, 5.74) is 2.71. The van der Waals surface area contributed by atoms with Crippen LogP contribution in [0.3, 0.4) is 0 Å². The van der Waals surface area contributed by atoms with Crippen molar-refractivity contribution in [1.82, 2.24) is 9.13 Å². The predicted molar refractivity (Wildman–Crippen MR) is 128 cm³/mol. The van der Waals surface area contributed by atoms with Gasteiger partial charge in [-0.25, -0.2) is 18.1 Å². The van der Waals surface area contributed by atoms with E-state index in [4.69, 9.17) is 0 Å². The van der Waals surface area contributed by atoms with Crippen LogP contribution >= 0.6 is 0 Å². The van der Waals surface area contributed by atoms with Crippen LogP contribution in [0.5, 0.6) is 0 Å². The van der Waals surface area contributed by atoms with Crippen LogP contribution in [-0.4, -0.2) is 34.6 Å². The number of aryl methyl sites for hydroxylation is 3. The zero-order valence-corrected chi connectivity index (χ0v) is 19.6. The minimum absolute atomic E-state index is 0.168. The monoisotopic (exact) mass is 475 g/mol. The van der Waals surface area contributed by atoms with Crippen molar-refractivity contribution < 1.29 is 18.0 Å². The Hall–Kier alpha value is -3.72. The molecule has 0 saturated heterocycles. The van der Waals surface area contributed by atoms with Gasteiger partial charge >= 0.3 is 5.69 Å². The van der Waals surface area contributed by atoms with Gasteiger partial charge in [0.15, 0.2) is 9.84 Å². The van der Waals surface area contributed by atoms with E-state index < -0.39 is 26.9 Å². The van der Waals surface area contributed by atoms with E-state index in [1.165, 1.54) is 21.3 Å². The molecule has 1 aliphatic carbocycles. The Bertz CT molecular complexity index is 1750. The molecule has 0 unspecified atom stereocenters. The molecule has 0 radical (unpaired) electrons. The molecule has 3 aromatic carbocycles. The first-order valence-corrected chi connectivity index (χ1v) is 12.5. The summed E-state index contributed by atoms with van der Waals surface area (Å²) in [5, 5.41) is 0.380. The fourth-order valence-electron chi connectivity index (χ4n) is 4.97. The van der Waals surface area contributed by atoms with Gasteiger partial charge in [-0.2, -0.15) is 0 Å². The van der Waals surface area contributed by atoms with E-state index in [2.05, 4.69) is 0 Å². The van der Waals surface area contributed by atoms with Crippen LogP contribution < -0.4 is 10.6 Å². The topological polar surface area (TPSA) is 98.5 Å². The molecule has 172 valence electrons. The number of aromatic nitrogens is 2. The van der Waals surface area contributed by atoms with Crippen LogP contribution in [0.2, 0.25) is 0 Å². The first kappa shape index (κ1) is 20.9. The molecule has 1 aliphatic heterocycles. The summed E-state index contributed by atoms with van der Waals surface area (Å²) in [7, 11) is -0.207. The summed E-state index contributed by atoms with van der Waals surface area (Å²) in [4.78, 5) is 41.0. The highest BCUT2D eigenvalue weighted by Gasteiger charge is 2.40. The number of imidazole rings is 1. The molecule has 2 aliphatic rings. The predicted octanol–water partition coefficient (Wildman–Crippen LogP) is 3.08. The van der Waals surface area contributed by atoms with Gasteiger partial charge in [0.1, 0.15) is 0 Å². The fraction of sp³-hybridized carbons (Fsp3) is 0.240. The Balaban J connectivity index is 1.59. The first-order valence-electron chi connectivity index (χ1n) is 11.0. The maximum absolute atomic E-state index is 13.6. The zero-order chi connectivity index (χ0) is 24.1. The smallest absolute Gasteiger partial charge is 0.295 e. The van der Waals surface area contributed by atoms with Crippen molar-refractivity contribution in [3.63, 3.8) is 0 Å². The van der Waals surface area contributed by atoms with E-state index in [1.807, 2.05) is 0 Å². The van der Waals surface area contributed by atoms with Gasteiger partial charge in [0.05, 0.1) is 26.9 Å². The van der Waals surface area contributed by atoms with Gasteiger partial charge < -0.3 is 0 Å². The molecule has 0 N–H and O–H groups in total. The summed E-state index contributed by atoms with van der Waals surface area (Å²) in [6.45, 7) is 1.79. The second-order valence-corrected chi connectivity index (χ2v) is 11.3. The van der Waals surface area contributed by atoms with Crippen LogP contribution in [0.15, 0.2) is 52.2 Å².